The SMILES string of the molecule is COc1ccc(C(=C(CCCl)c2ccc(Cl)cc2)c2ccc(OCCO)cc2)cc1. The topological polar surface area (TPSA) is 38.7 Å². The van der Waals surface area contributed by atoms with Crippen LogP contribution in [0.2, 0.25) is 5.02 Å². The summed E-state index contributed by atoms with van der Waals surface area (Å²) in [6, 6.07) is 23.7. The van der Waals surface area contributed by atoms with Gasteiger partial charge in [-0.25, -0.2) is 0 Å². The summed E-state index contributed by atoms with van der Waals surface area (Å²) >= 11 is 12.3. The Morgan fingerprint density at radius 3 is 1.83 bits per heavy atom. The van der Waals surface area contributed by atoms with Crippen molar-refractivity contribution >= 4 is 34.3 Å². The zero-order valence-corrected chi connectivity index (χ0v) is 18.3. The maximum Gasteiger partial charge on any atom is 0.119 e. The lowest BCUT2D eigenvalue weighted by Crippen LogP contribution is -2.02. The van der Waals surface area contributed by atoms with Crippen molar-refractivity contribution < 1.29 is 14.6 Å². The summed E-state index contributed by atoms with van der Waals surface area (Å²) in [5.74, 6) is 2.01. The lowest BCUT2D eigenvalue weighted by Gasteiger charge is -2.18. The van der Waals surface area contributed by atoms with Crippen LogP contribution in [-0.4, -0.2) is 31.3 Å². The number of benzene rings is 3. The normalized spacial score (nSPS) is 11.7. The third kappa shape index (κ3) is 5.57. The first-order valence-corrected chi connectivity index (χ1v) is 10.6. The third-order valence-corrected chi connectivity index (χ3v) is 5.16. The van der Waals surface area contributed by atoms with Crippen LogP contribution in [-0.2, 0) is 0 Å². The van der Waals surface area contributed by atoms with E-state index in [1.54, 1.807) is 7.11 Å². The van der Waals surface area contributed by atoms with Crippen LogP contribution in [0, 0.1) is 0 Å². The van der Waals surface area contributed by atoms with Crippen LogP contribution < -0.4 is 9.47 Å². The summed E-state index contributed by atoms with van der Waals surface area (Å²) in [5, 5.41) is 9.67. The van der Waals surface area contributed by atoms with Crippen LogP contribution in [0.1, 0.15) is 23.1 Å². The predicted octanol–water partition coefficient (Wildman–Crippen LogP) is 6.31. The summed E-state index contributed by atoms with van der Waals surface area (Å²) in [7, 11) is 1.66. The van der Waals surface area contributed by atoms with Crippen molar-refractivity contribution in [1.29, 1.82) is 0 Å². The van der Waals surface area contributed by atoms with E-state index >= 15 is 0 Å². The van der Waals surface area contributed by atoms with Gasteiger partial charge in [-0.1, -0.05) is 48.0 Å². The van der Waals surface area contributed by atoms with Gasteiger partial charge in [-0.05, 0) is 70.7 Å². The Kier molecular flexibility index (Phi) is 8.21. The molecule has 0 aliphatic carbocycles. The minimum absolute atomic E-state index is 0.0187. The number of rotatable bonds is 9. The molecule has 3 nitrogen and oxygen atoms in total. The van der Waals surface area contributed by atoms with Crippen molar-refractivity contribution in [3.63, 3.8) is 0 Å². The molecule has 0 atom stereocenters. The van der Waals surface area contributed by atoms with Gasteiger partial charge in [-0.2, -0.15) is 0 Å². The molecule has 0 aliphatic rings. The number of hydrogen-bond donors (Lipinski definition) is 1. The van der Waals surface area contributed by atoms with Crippen molar-refractivity contribution in [1.82, 2.24) is 0 Å². The Morgan fingerprint density at radius 2 is 1.33 bits per heavy atom. The molecule has 0 fully saturated rings. The number of halogens is 2. The van der Waals surface area contributed by atoms with Crippen molar-refractivity contribution in [2.24, 2.45) is 0 Å². The average Bonchev–Trinajstić information content (AvgIpc) is 2.79. The van der Waals surface area contributed by atoms with Crippen molar-refractivity contribution in [2.45, 2.75) is 6.42 Å². The zero-order chi connectivity index (χ0) is 21.3. The first kappa shape index (κ1) is 22.2. The molecule has 3 aromatic carbocycles. The van der Waals surface area contributed by atoms with Gasteiger partial charge in [-0.15, -0.1) is 11.6 Å². The first-order valence-electron chi connectivity index (χ1n) is 9.70. The van der Waals surface area contributed by atoms with E-state index in [0.717, 1.165) is 33.6 Å². The molecule has 0 aromatic heterocycles. The molecule has 0 radical (unpaired) electrons. The number of aliphatic hydroxyl groups is 1. The molecule has 3 rings (SSSR count). The smallest absolute Gasteiger partial charge is 0.119 e. The molecule has 0 spiro atoms. The highest BCUT2D eigenvalue weighted by Crippen LogP contribution is 2.36. The largest absolute Gasteiger partial charge is 0.497 e. The Labute approximate surface area is 187 Å². The van der Waals surface area contributed by atoms with Crippen LogP contribution in [0.15, 0.2) is 72.8 Å². The van der Waals surface area contributed by atoms with Gasteiger partial charge < -0.3 is 14.6 Å². The molecule has 156 valence electrons. The van der Waals surface area contributed by atoms with Gasteiger partial charge in [0.05, 0.1) is 13.7 Å². The zero-order valence-electron chi connectivity index (χ0n) is 16.8. The second-order valence-corrected chi connectivity index (χ2v) is 7.44. The van der Waals surface area contributed by atoms with E-state index in [0.29, 0.717) is 23.1 Å². The first-order chi connectivity index (χ1) is 14.7. The summed E-state index contributed by atoms with van der Waals surface area (Å²) in [4.78, 5) is 0. The molecule has 0 heterocycles. The summed E-state index contributed by atoms with van der Waals surface area (Å²) in [6.45, 7) is 0.248. The third-order valence-electron chi connectivity index (χ3n) is 4.72. The summed E-state index contributed by atoms with van der Waals surface area (Å²) in [6.07, 6.45) is 0.702. The van der Waals surface area contributed by atoms with Crippen LogP contribution in [0.4, 0.5) is 0 Å². The molecular weight excluding hydrogens is 419 g/mol. The van der Waals surface area contributed by atoms with Gasteiger partial charge in [-0.3, -0.25) is 0 Å². The lowest BCUT2D eigenvalue weighted by atomic mass is 9.88. The molecule has 0 aliphatic heterocycles. The molecule has 0 amide bonds. The molecule has 0 saturated carbocycles. The minimum atomic E-state index is -0.0187. The fourth-order valence-electron chi connectivity index (χ4n) is 3.31. The van der Waals surface area contributed by atoms with E-state index in [1.165, 1.54) is 0 Å². The highest BCUT2D eigenvalue weighted by atomic mass is 35.5. The van der Waals surface area contributed by atoms with E-state index in [9.17, 15) is 0 Å². The predicted molar refractivity (Wildman–Crippen MR) is 125 cm³/mol. The van der Waals surface area contributed by atoms with Crippen LogP contribution >= 0.6 is 23.2 Å². The Bertz CT molecular complexity index is 963. The number of aliphatic hydroxyl groups excluding tert-OH is 1. The molecule has 0 unspecified atom stereocenters. The second kappa shape index (κ2) is 11.1. The Hall–Kier alpha value is -2.46. The van der Waals surface area contributed by atoms with E-state index in [-0.39, 0.29) is 13.2 Å². The second-order valence-electron chi connectivity index (χ2n) is 6.62. The molecule has 0 bridgehead atoms. The monoisotopic (exact) mass is 442 g/mol. The maximum atomic E-state index is 8.97. The Morgan fingerprint density at radius 1 is 0.800 bits per heavy atom. The van der Waals surface area contributed by atoms with E-state index in [2.05, 4.69) is 12.1 Å². The van der Waals surface area contributed by atoms with Crippen molar-refractivity contribution in [3.8, 4) is 11.5 Å². The van der Waals surface area contributed by atoms with Crippen LogP contribution in [0.3, 0.4) is 0 Å². The van der Waals surface area contributed by atoms with Gasteiger partial charge >= 0.3 is 0 Å². The fourth-order valence-corrected chi connectivity index (χ4v) is 3.63. The molecule has 1 N–H and O–H groups in total. The fraction of sp³-hybridized carbons (Fsp3) is 0.200. The number of ether oxygens (including phenoxy) is 2. The Balaban J connectivity index is 2.15. The quantitative estimate of drug-likeness (QED) is 0.311. The highest BCUT2D eigenvalue weighted by Gasteiger charge is 2.15. The molecule has 3 aromatic rings. The number of methoxy groups -OCH3 is 1. The van der Waals surface area contributed by atoms with Gasteiger partial charge in [0.2, 0.25) is 0 Å². The number of allylic oxidation sites excluding steroid dienone is 1. The van der Waals surface area contributed by atoms with E-state index < -0.39 is 0 Å². The molecular formula is C25H24Cl2O3. The van der Waals surface area contributed by atoms with Crippen LogP contribution in [0.25, 0.3) is 11.1 Å². The minimum Gasteiger partial charge on any atom is -0.497 e. The summed E-state index contributed by atoms with van der Waals surface area (Å²) < 4.78 is 10.8. The van der Waals surface area contributed by atoms with Gasteiger partial charge in [0.15, 0.2) is 0 Å². The van der Waals surface area contributed by atoms with E-state index in [1.807, 2.05) is 60.7 Å². The van der Waals surface area contributed by atoms with Gasteiger partial charge in [0, 0.05) is 10.9 Å². The number of alkyl halides is 1. The van der Waals surface area contributed by atoms with Crippen LogP contribution in [0.5, 0.6) is 11.5 Å². The van der Waals surface area contributed by atoms with Gasteiger partial charge in [0.1, 0.15) is 18.1 Å². The highest BCUT2D eigenvalue weighted by molar-refractivity contribution is 6.30. The van der Waals surface area contributed by atoms with Crippen molar-refractivity contribution in [2.75, 3.05) is 26.2 Å². The maximum absolute atomic E-state index is 8.97. The number of hydrogen-bond acceptors (Lipinski definition) is 3. The molecule has 30 heavy (non-hydrogen) atoms. The standard InChI is InChI=1S/C25H24Cl2O3/c1-29-22-10-4-19(5-11-22)25(20-6-12-23(13-7-20)30-17-16-28)24(14-15-26)18-2-8-21(27)9-3-18/h2-13,28H,14-17H2,1H3. The average molecular weight is 443 g/mol. The van der Waals surface area contributed by atoms with E-state index in [4.69, 9.17) is 37.8 Å². The van der Waals surface area contributed by atoms with Crippen molar-refractivity contribution in [3.05, 3.63) is 94.5 Å². The molecule has 5 heteroatoms. The summed E-state index contributed by atoms with van der Waals surface area (Å²) in [5.41, 5.74) is 5.41. The molecule has 0 saturated heterocycles. The van der Waals surface area contributed by atoms with Gasteiger partial charge in [0.25, 0.3) is 0 Å². The lowest BCUT2D eigenvalue weighted by molar-refractivity contribution is 0.201.